The Hall–Kier alpha value is -2.07. The molecule has 2 aliphatic rings. The van der Waals surface area contributed by atoms with Crippen LogP contribution >= 0.6 is 0 Å². The lowest BCUT2D eigenvalue weighted by Crippen LogP contribution is -2.42. The molecule has 1 aromatic carbocycles. The molecule has 0 spiro atoms. The highest BCUT2D eigenvalue weighted by atomic mass is 19.1. The Bertz CT molecular complexity index is 733. The molecule has 8 nitrogen and oxygen atoms in total. The summed E-state index contributed by atoms with van der Waals surface area (Å²) in [6, 6.07) is 5.23. The van der Waals surface area contributed by atoms with Crippen LogP contribution in [0.5, 0.6) is 0 Å². The molecule has 5 atom stereocenters. The maximum absolute atomic E-state index is 13.2. The summed E-state index contributed by atoms with van der Waals surface area (Å²) in [4.78, 5) is 26.5. The van der Waals surface area contributed by atoms with Crippen LogP contribution in [0.2, 0.25) is 0 Å². The highest BCUT2D eigenvalue weighted by Crippen LogP contribution is 2.26. The maximum atomic E-state index is 13.2. The van der Waals surface area contributed by atoms with Crippen molar-refractivity contribution in [2.45, 2.75) is 49.7 Å². The average molecular weight is 410 g/mol. The molecule has 160 valence electrons. The van der Waals surface area contributed by atoms with E-state index in [0.29, 0.717) is 13.2 Å². The lowest BCUT2D eigenvalue weighted by molar-refractivity contribution is -0.137. The molecule has 0 aromatic heterocycles. The largest absolute Gasteiger partial charge is 0.388 e. The van der Waals surface area contributed by atoms with E-state index < -0.39 is 36.1 Å². The minimum Gasteiger partial charge on any atom is -0.388 e. The van der Waals surface area contributed by atoms with Gasteiger partial charge in [0.2, 0.25) is 5.91 Å². The number of ether oxygens (including phenoxy) is 2. The number of amides is 2. The number of benzene rings is 1. The Balaban J connectivity index is 1.53. The number of nitrogens with one attached hydrogen (secondary N) is 1. The SMILES string of the molecule is COCC1CCCN1C(=O)CC1OC(CNC(=O)c2cccc(F)c2)C(O)C1O. The summed E-state index contributed by atoms with van der Waals surface area (Å²) >= 11 is 0. The number of nitrogens with zero attached hydrogens (tertiary/aromatic N) is 1. The Morgan fingerprint density at radius 2 is 2.07 bits per heavy atom. The van der Waals surface area contributed by atoms with Gasteiger partial charge in [-0.1, -0.05) is 6.07 Å². The average Bonchev–Trinajstić information content (AvgIpc) is 3.26. The second kappa shape index (κ2) is 9.62. The second-order valence-corrected chi connectivity index (χ2v) is 7.46. The van der Waals surface area contributed by atoms with Crippen molar-refractivity contribution in [2.24, 2.45) is 0 Å². The van der Waals surface area contributed by atoms with Gasteiger partial charge < -0.3 is 29.9 Å². The van der Waals surface area contributed by atoms with E-state index in [0.717, 1.165) is 18.9 Å². The minimum atomic E-state index is -1.24. The number of likely N-dealkylation sites (tertiary alicyclic amines) is 1. The van der Waals surface area contributed by atoms with Crippen LogP contribution in [-0.4, -0.2) is 84.2 Å². The molecule has 0 saturated carbocycles. The van der Waals surface area contributed by atoms with Crippen molar-refractivity contribution in [3.8, 4) is 0 Å². The second-order valence-electron chi connectivity index (χ2n) is 7.46. The molecule has 5 unspecified atom stereocenters. The van der Waals surface area contributed by atoms with Gasteiger partial charge >= 0.3 is 0 Å². The summed E-state index contributed by atoms with van der Waals surface area (Å²) in [6.07, 6.45) is -2.51. The highest BCUT2D eigenvalue weighted by molar-refractivity contribution is 5.94. The summed E-state index contributed by atoms with van der Waals surface area (Å²) < 4.78 is 24.0. The van der Waals surface area contributed by atoms with E-state index in [1.54, 1.807) is 12.0 Å². The van der Waals surface area contributed by atoms with Gasteiger partial charge in [-0.25, -0.2) is 4.39 Å². The third-order valence-corrected chi connectivity index (χ3v) is 5.44. The van der Waals surface area contributed by atoms with Crippen molar-refractivity contribution in [1.29, 1.82) is 0 Å². The van der Waals surface area contributed by atoms with Crippen molar-refractivity contribution >= 4 is 11.8 Å². The summed E-state index contributed by atoms with van der Waals surface area (Å²) in [5.74, 6) is -1.21. The van der Waals surface area contributed by atoms with Gasteiger partial charge in [0.25, 0.3) is 5.91 Å². The van der Waals surface area contributed by atoms with Crippen LogP contribution in [0.3, 0.4) is 0 Å². The van der Waals surface area contributed by atoms with Crippen molar-refractivity contribution < 1.29 is 33.7 Å². The number of rotatable bonds is 7. The van der Waals surface area contributed by atoms with Crippen molar-refractivity contribution in [3.63, 3.8) is 0 Å². The molecule has 0 aliphatic carbocycles. The lowest BCUT2D eigenvalue weighted by Gasteiger charge is -2.26. The van der Waals surface area contributed by atoms with Crippen molar-refractivity contribution in [2.75, 3.05) is 26.8 Å². The molecule has 3 rings (SSSR count). The number of methoxy groups -OCH3 is 1. The number of hydrogen-bond donors (Lipinski definition) is 3. The fourth-order valence-electron chi connectivity index (χ4n) is 3.91. The molecule has 2 heterocycles. The standard InChI is InChI=1S/C20H27FN2O6/c1-28-11-14-6-3-7-23(14)17(24)9-15-18(25)19(26)16(29-15)10-22-20(27)12-4-2-5-13(21)8-12/h2,4-5,8,14-16,18-19,25-26H,3,6-7,9-11H2,1H3,(H,22,27). The Kier molecular flexibility index (Phi) is 7.18. The third kappa shape index (κ3) is 5.11. The van der Waals surface area contributed by atoms with Gasteiger partial charge in [0.1, 0.15) is 24.1 Å². The van der Waals surface area contributed by atoms with Crippen LogP contribution in [0.15, 0.2) is 24.3 Å². The first-order valence-corrected chi connectivity index (χ1v) is 9.74. The van der Waals surface area contributed by atoms with Gasteiger partial charge in [-0.2, -0.15) is 0 Å². The highest BCUT2D eigenvalue weighted by Gasteiger charge is 2.44. The van der Waals surface area contributed by atoms with E-state index >= 15 is 0 Å². The number of aliphatic hydroxyl groups excluding tert-OH is 2. The molecule has 2 amide bonds. The van der Waals surface area contributed by atoms with Gasteiger partial charge in [0, 0.05) is 25.8 Å². The molecule has 3 N–H and O–H groups in total. The van der Waals surface area contributed by atoms with Crippen LogP contribution in [-0.2, 0) is 14.3 Å². The molecule has 2 saturated heterocycles. The summed E-state index contributed by atoms with van der Waals surface area (Å²) in [6.45, 7) is 1.01. The molecule has 0 radical (unpaired) electrons. The molecule has 1 aromatic rings. The zero-order chi connectivity index (χ0) is 21.0. The van der Waals surface area contributed by atoms with Crippen LogP contribution in [0.4, 0.5) is 4.39 Å². The van der Waals surface area contributed by atoms with E-state index in [9.17, 15) is 24.2 Å². The normalized spacial score (nSPS) is 29.2. The Morgan fingerprint density at radius 1 is 1.31 bits per heavy atom. The maximum Gasteiger partial charge on any atom is 0.251 e. The third-order valence-electron chi connectivity index (χ3n) is 5.44. The van der Waals surface area contributed by atoms with Gasteiger partial charge in [-0.3, -0.25) is 9.59 Å². The zero-order valence-corrected chi connectivity index (χ0v) is 16.3. The number of carbonyl (C=O) groups is 2. The summed E-state index contributed by atoms with van der Waals surface area (Å²) in [7, 11) is 1.59. The van der Waals surface area contributed by atoms with Gasteiger partial charge in [0.05, 0.1) is 25.2 Å². The van der Waals surface area contributed by atoms with Crippen LogP contribution < -0.4 is 5.32 Å². The van der Waals surface area contributed by atoms with Gasteiger partial charge in [-0.15, -0.1) is 0 Å². The molecule has 29 heavy (non-hydrogen) atoms. The number of carbonyl (C=O) groups excluding carboxylic acids is 2. The number of hydrogen-bond acceptors (Lipinski definition) is 6. The van der Waals surface area contributed by atoms with E-state index in [-0.39, 0.29) is 30.5 Å². The molecule has 2 fully saturated rings. The first kappa shape index (κ1) is 21.6. The molecular formula is C20H27FN2O6. The summed E-state index contributed by atoms with van der Waals surface area (Å²) in [5.41, 5.74) is 0.142. The summed E-state index contributed by atoms with van der Waals surface area (Å²) in [5, 5.41) is 23.1. The molecular weight excluding hydrogens is 383 g/mol. The van der Waals surface area contributed by atoms with Crippen LogP contribution in [0.25, 0.3) is 0 Å². The minimum absolute atomic E-state index is 0.0114. The molecule has 9 heteroatoms. The Labute approximate surface area is 168 Å². The monoisotopic (exact) mass is 410 g/mol. The van der Waals surface area contributed by atoms with Crippen LogP contribution in [0.1, 0.15) is 29.6 Å². The number of halogens is 1. The number of aliphatic hydroxyl groups is 2. The van der Waals surface area contributed by atoms with E-state index in [4.69, 9.17) is 9.47 Å². The molecule has 0 bridgehead atoms. The zero-order valence-electron chi connectivity index (χ0n) is 16.3. The fourth-order valence-corrected chi connectivity index (χ4v) is 3.91. The molecule has 2 aliphatic heterocycles. The first-order valence-electron chi connectivity index (χ1n) is 9.74. The smallest absolute Gasteiger partial charge is 0.251 e. The van der Waals surface area contributed by atoms with Gasteiger partial charge in [-0.05, 0) is 31.0 Å². The fraction of sp³-hybridized carbons (Fsp3) is 0.600. The van der Waals surface area contributed by atoms with Crippen LogP contribution in [0, 0.1) is 5.82 Å². The lowest BCUT2D eigenvalue weighted by atomic mass is 10.0. The van der Waals surface area contributed by atoms with Crippen molar-refractivity contribution in [3.05, 3.63) is 35.6 Å². The predicted octanol–water partition coefficient (Wildman–Crippen LogP) is 0.0722. The van der Waals surface area contributed by atoms with E-state index in [1.165, 1.54) is 18.2 Å². The Morgan fingerprint density at radius 3 is 2.79 bits per heavy atom. The van der Waals surface area contributed by atoms with Gasteiger partial charge in [0.15, 0.2) is 0 Å². The quantitative estimate of drug-likeness (QED) is 0.587. The first-order chi connectivity index (χ1) is 13.9. The van der Waals surface area contributed by atoms with E-state index in [1.807, 2.05) is 0 Å². The van der Waals surface area contributed by atoms with Crippen molar-refractivity contribution in [1.82, 2.24) is 10.2 Å². The predicted molar refractivity (Wildman–Crippen MR) is 101 cm³/mol. The topological polar surface area (TPSA) is 108 Å². The van der Waals surface area contributed by atoms with E-state index in [2.05, 4.69) is 5.32 Å².